The molecule has 0 saturated heterocycles. The van der Waals surface area contributed by atoms with Crippen LogP contribution >= 0.6 is 11.8 Å². The van der Waals surface area contributed by atoms with Gasteiger partial charge in [-0.25, -0.2) is 4.98 Å². The maximum absolute atomic E-state index is 4.53. The number of imidazole rings is 1. The number of rotatable bonds is 3. The lowest BCUT2D eigenvalue weighted by atomic mass is 10.1. The van der Waals surface area contributed by atoms with Gasteiger partial charge in [-0.1, -0.05) is 25.1 Å². The fraction of sp³-hybridized carbons (Fsp3) is 0.188. The van der Waals surface area contributed by atoms with E-state index in [0.717, 1.165) is 17.1 Å². The third-order valence-electron chi connectivity index (χ3n) is 3.08. The van der Waals surface area contributed by atoms with Crippen molar-refractivity contribution in [3.8, 4) is 11.1 Å². The fourth-order valence-corrected chi connectivity index (χ4v) is 3.09. The average Bonchev–Trinajstić information content (AvgIpc) is 2.79. The molecule has 0 aliphatic rings. The Balaban J connectivity index is 2.13. The minimum atomic E-state index is 1.01. The van der Waals surface area contributed by atoms with Crippen LogP contribution in [0.25, 0.3) is 16.8 Å². The molecule has 3 aromatic rings. The van der Waals surface area contributed by atoms with Gasteiger partial charge < -0.3 is 4.40 Å². The van der Waals surface area contributed by atoms with Crippen LogP contribution in [0.5, 0.6) is 0 Å². The van der Waals surface area contributed by atoms with Crippen LogP contribution in [0.1, 0.15) is 12.6 Å². The molecule has 19 heavy (non-hydrogen) atoms. The lowest BCUT2D eigenvalue weighted by Crippen LogP contribution is -1.87. The molecule has 96 valence electrons. The Morgan fingerprint density at radius 3 is 2.89 bits per heavy atom. The molecular weight excluding hydrogens is 252 g/mol. The second-order valence-electron chi connectivity index (χ2n) is 4.49. The second kappa shape index (κ2) is 5.10. The van der Waals surface area contributed by atoms with Crippen molar-refractivity contribution in [3.05, 3.63) is 54.5 Å². The molecule has 0 unspecified atom stereocenters. The fourth-order valence-electron chi connectivity index (χ4n) is 2.26. The second-order valence-corrected chi connectivity index (χ2v) is 5.80. The van der Waals surface area contributed by atoms with E-state index in [1.54, 1.807) is 0 Å². The van der Waals surface area contributed by atoms with Crippen LogP contribution < -0.4 is 0 Å². The summed E-state index contributed by atoms with van der Waals surface area (Å²) in [5.41, 5.74) is 4.58. The number of aryl methyl sites for hydroxylation is 1. The smallest absolute Gasteiger partial charge is 0.137 e. The van der Waals surface area contributed by atoms with Gasteiger partial charge in [-0.2, -0.15) is 0 Å². The number of fused-ring (bicyclic) bond motifs is 1. The topological polar surface area (TPSA) is 17.3 Å². The van der Waals surface area contributed by atoms with E-state index in [1.165, 1.54) is 16.0 Å². The zero-order chi connectivity index (χ0) is 13.2. The van der Waals surface area contributed by atoms with Gasteiger partial charge in [0.25, 0.3) is 0 Å². The molecule has 0 radical (unpaired) electrons. The van der Waals surface area contributed by atoms with Gasteiger partial charge in [-0.3, -0.25) is 0 Å². The van der Waals surface area contributed by atoms with Crippen molar-refractivity contribution in [2.45, 2.75) is 18.7 Å². The summed E-state index contributed by atoms with van der Waals surface area (Å²) in [6.45, 7) is 4.20. The van der Waals surface area contributed by atoms with E-state index in [1.807, 2.05) is 24.9 Å². The highest BCUT2D eigenvalue weighted by Gasteiger charge is 2.06. The number of hydrogen-bond acceptors (Lipinski definition) is 2. The summed E-state index contributed by atoms with van der Waals surface area (Å²) in [5.74, 6) is 1.09. The van der Waals surface area contributed by atoms with Crippen LogP contribution in [0.4, 0.5) is 0 Å². The quantitative estimate of drug-likeness (QED) is 0.654. The van der Waals surface area contributed by atoms with Crippen LogP contribution in [0.15, 0.2) is 53.7 Å². The number of benzene rings is 1. The molecule has 3 rings (SSSR count). The molecule has 0 aliphatic heterocycles. The first-order chi connectivity index (χ1) is 9.28. The molecule has 0 bridgehead atoms. The zero-order valence-corrected chi connectivity index (χ0v) is 11.9. The van der Waals surface area contributed by atoms with E-state index in [9.17, 15) is 0 Å². The minimum absolute atomic E-state index is 1.01. The molecular formula is C16H16N2S. The van der Waals surface area contributed by atoms with Gasteiger partial charge in [0.1, 0.15) is 5.65 Å². The lowest BCUT2D eigenvalue weighted by molar-refractivity contribution is 1.18. The summed E-state index contributed by atoms with van der Waals surface area (Å²) in [7, 11) is 0. The highest BCUT2D eigenvalue weighted by molar-refractivity contribution is 7.99. The van der Waals surface area contributed by atoms with E-state index in [4.69, 9.17) is 0 Å². The monoisotopic (exact) mass is 268 g/mol. The normalized spacial score (nSPS) is 11.1. The van der Waals surface area contributed by atoms with Crippen LogP contribution in [-0.4, -0.2) is 15.1 Å². The third-order valence-corrected chi connectivity index (χ3v) is 4.03. The zero-order valence-electron chi connectivity index (χ0n) is 11.1. The summed E-state index contributed by atoms with van der Waals surface area (Å²) < 4.78 is 2.06. The van der Waals surface area contributed by atoms with Gasteiger partial charge in [0, 0.05) is 17.3 Å². The van der Waals surface area contributed by atoms with Crippen LogP contribution in [-0.2, 0) is 0 Å². The van der Waals surface area contributed by atoms with Crippen molar-refractivity contribution < 1.29 is 0 Å². The molecule has 0 atom stereocenters. The molecule has 0 N–H and O–H groups in total. The predicted molar refractivity (Wildman–Crippen MR) is 81.8 cm³/mol. The molecule has 2 nitrogen and oxygen atoms in total. The summed E-state index contributed by atoms with van der Waals surface area (Å²) in [6.07, 6.45) is 4.13. The van der Waals surface area contributed by atoms with Crippen molar-refractivity contribution in [3.63, 3.8) is 0 Å². The van der Waals surface area contributed by atoms with Crippen molar-refractivity contribution in [2.75, 3.05) is 5.75 Å². The van der Waals surface area contributed by atoms with Crippen molar-refractivity contribution in [1.29, 1.82) is 0 Å². The maximum atomic E-state index is 4.53. The SMILES string of the molecule is CCSc1ccccc1-c1ccn2cc(C)nc2c1. The summed E-state index contributed by atoms with van der Waals surface area (Å²) in [4.78, 5) is 5.86. The average molecular weight is 268 g/mol. The first-order valence-electron chi connectivity index (χ1n) is 6.45. The van der Waals surface area contributed by atoms with E-state index in [2.05, 4.69) is 58.9 Å². The Labute approximate surface area is 117 Å². The molecule has 1 aromatic carbocycles. The minimum Gasteiger partial charge on any atom is -0.307 e. The maximum Gasteiger partial charge on any atom is 0.137 e. The Hall–Kier alpha value is -1.74. The van der Waals surface area contributed by atoms with Crippen LogP contribution in [0.2, 0.25) is 0 Å². The van der Waals surface area contributed by atoms with E-state index >= 15 is 0 Å². The predicted octanol–water partition coefficient (Wildman–Crippen LogP) is 4.42. The summed E-state index contributed by atoms with van der Waals surface area (Å²) in [6, 6.07) is 12.9. The van der Waals surface area contributed by atoms with Gasteiger partial charge in [-0.15, -0.1) is 11.8 Å². The van der Waals surface area contributed by atoms with Gasteiger partial charge in [0.2, 0.25) is 0 Å². The number of nitrogens with zero attached hydrogens (tertiary/aromatic N) is 2. The Morgan fingerprint density at radius 2 is 2.05 bits per heavy atom. The molecule has 0 fully saturated rings. The first kappa shape index (κ1) is 12.3. The molecule has 2 heterocycles. The number of pyridine rings is 1. The largest absolute Gasteiger partial charge is 0.307 e. The number of thioether (sulfide) groups is 1. The molecule has 0 spiro atoms. The molecule has 3 heteroatoms. The highest BCUT2D eigenvalue weighted by Crippen LogP contribution is 2.31. The van der Waals surface area contributed by atoms with Crippen LogP contribution in [0.3, 0.4) is 0 Å². The van der Waals surface area contributed by atoms with Crippen molar-refractivity contribution in [1.82, 2.24) is 9.38 Å². The third kappa shape index (κ3) is 2.38. The van der Waals surface area contributed by atoms with E-state index in [-0.39, 0.29) is 0 Å². The van der Waals surface area contributed by atoms with Gasteiger partial charge in [-0.05, 0) is 42.0 Å². The molecule has 2 aromatic heterocycles. The Kier molecular flexibility index (Phi) is 3.30. The van der Waals surface area contributed by atoms with Crippen molar-refractivity contribution in [2.24, 2.45) is 0 Å². The molecule has 0 saturated carbocycles. The summed E-state index contributed by atoms with van der Waals surface area (Å²) in [5, 5.41) is 0. The standard InChI is InChI=1S/C16H16N2S/c1-3-19-15-7-5-4-6-14(15)13-8-9-18-11-12(2)17-16(18)10-13/h4-11H,3H2,1-2H3. The van der Waals surface area contributed by atoms with Gasteiger partial charge in [0.05, 0.1) is 5.69 Å². The van der Waals surface area contributed by atoms with E-state index < -0.39 is 0 Å². The van der Waals surface area contributed by atoms with Crippen LogP contribution in [0, 0.1) is 6.92 Å². The summed E-state index contributed by atoms with van der Waals surface area (Å²) >= 11 is 1.88. The Bertz CT molecular complexity index is 716. The highest BCUT2D eigenvalue weighted by atomic mass is 32.2. The van der Waals surface area contributed by atoms with Crippen molar-refractivity contribution >= 4 is 17.4 Å². The number of aromatic nitrogens is 2. The van der Waals surface area contributed by atoms with Gasteiger partial charge >= 0.3 is 0 Å². The van der Waals surface area contributed by atoms with E-state index in [0.29, 0.717) is 0 Å². The van der Waals surface area contributed by atoms with Gasteiger partial charge in [0.15, 0.2) is 0 Å². The molecule has 0 aliphatic carbocycles. The molecule has 0 amide bonds. The first-order valence-corrected chi connectivity index (χ1v) is 7.44. The Morgan fingerprint density at radius 1 is 1.21 bits per heavy atom. The number of hydrogen-bond donors (Lipinski definition) is 0. The lowest BCUT2D eigenvalue weighted by Gasteiger charge is -2.08.